The summed E-state index contributed by atoms with van der Waals surface area (Å²) in [6, 6.07) is 3.76. The van der Waals surface area contributed by atoms with Gasteiger partial charge >= 0.3 is 0 Å². The van der Waals surface area contributed by atoms with Crippen molar-refractivity contribution in [2.24, 2.45) is 5.73 Å². The molecule has 0 aliphatic carbocycles. The highest BCUT2D eigenvalue weighted by molar-refractivity contribution is 5.92. The highest BCUT2D eigenvalue weighted by Gasteiger charge is 2.00. The summed E-state index contributed by atoms with van der Waals surface area (Å²) in [6.07, 6.45) is 0.522. The van der Waals surface area contributed by atoms with E-state index in [0.717, 1.165) is 6.07 Å². The molecule has 0 unspecified atom stereocenters. The average molecular weight is 191 g/mol. The fourth-order valence-corrected chi connectivity index (χ4v) is 0.835. The molecule has 0 saturated heterocycles. The van der Waals surface area contributed by atoms with Crippen molar-refractivity contribution in [3.05, 3.63) is 35.1 Å². The van der Waals surface area contributed by atoms with Gasteiger partial charge in [-0.3, -0.25) is 9.59 Å². The lowest BCUT2D eigenvalue weighted by molar-refractivity contribution is -0.112. The van der Waals surface area contributed by atoms with Crippen molar-refractivity contribution >= 4 is 12.2 Å². The van der Waals surface area contributed by atoms with Crippen LogP contribution in [0, 0.1) is 17.7 Å². The topological polar surface area (TPSA) is 60.2 Å². The van der Waals surface area contributed by atoms with Gasteiger partial charge in [0, 0.05) is 11.5 Å². The first-order valence-electron chi connectivity index (χ1n) is 3.69. The van der Waals surface area contributed by atoms with Crippen LogP contribution in [-0.4, -0.2) is 12.2 Å². The third-order valence-corrected chi connectivity index (χ3v) is 1.45. The van der Waals surface area contributed by atoms with E-state index in [2.05, 4.69) is 5.92 Å². The summed E-state index contributed by atoms with van der Waals surface area (Å²) < 4.78 is 13.1. The van der Waals surface area contributed by atoms with E-state index >= 15 is 0 Å². The molecule has 1 aromatic rings. The molecule has 2 N–H and O–H groups in total. The first-order valence-corrected chi connectivity index (χ1v) is 3.69. The normalized spacial score (nSPS) is 8.64. The third kappa shape index (κ3) is 2.42. The van der Waals surface area contributed by atoms with Gasteiger partial charge in [-0.1, -0.05) is 12.0 Å². The molecule has 0 spiro atoms. The summed E-state index contributed by atoms with van der Waals surface area (Å²) in [5, 5.41) is 0. The number of hydrogen-bond acceptors (Lipinski definition) is 2. The van der Waals surface area contributed by atoms with Gasteiger partial charge in [-0.25, -0.2) is 4.39 Å². The van der Waals surface area contributed by atoms with E-state index in [1.807, 2.05) is 5.92 Å². The molecule has 14 heavy (non-hydrogen) atoms. The van der Waals surface area contributed by atoms with Gasteiger partial charge in [-0.05, 0) is 12.1 Å². The van der Waals surface area contributed by atoms with E-state index in [0.29, 0.717) is 6.29 Å². The maximum absolute atomic E-state index is 13.1. The van der Waals surface area contributed by atoms with Gasteiger partial charge in [0.1, 0.15) is 12.1 Å². The first kappa shape index (κ1) is 9.93. The van der Waals surface area contributed by atoms with Crippen LogP contribution in [0.2, 0.25) is 0 Å². The number of halogens is 1. The van der Waals surface area contributed by atoms with E-state index in [1.54, 1.807) is 0 Å². The Bertz CT molecular complexity index is 443. The number of carbonyl (C=O) groups is 2. The van der Waals surface area contributed by atoms with Crippen molar-refractivity contribution in [2.45, 2.75) is 0 Å². The second-order valence-electron chi connectivity index (χ2n) is 2.47. The Morgan fingerprint density at radius 2 is 2.21 bits per heavy atom. The third-order valence-electron chi connectivity index (χ3n) is 1.45. The first-order chi connectivity index (χ1) is 6.63. The van der Waals surface area contributed by atoms with Crippen LogP contribution < -0.4 is 5.73 Å². The Morgan fingerprint density at radius 3 is 2.71 bits per heavy atom. The van der Waals surface area contributed by atoms with Gasteiger partial charge in [0.25, 0.3) is 5.91 Å². The van der Waals surface area contributed by atoms with Crippen LogP contribution in [0.4, 0.5) is 4.39 Å². The van der Waals surface area contributed by atoms with Crippen LogP contribution in [0.15, 0.2) is 18.2 Å². The Labute approximate surface area is 79.7 Å². The second-order valence-corrected chi connectivity index (χ2v) is 2.47. The highest BCUT2D eigenvalue weighted by Crippen LogP contribution is 2.07. The highest BCUT2D eigenvalue weighted by atomic mass is 19.1. The molecule has 0 heterocycles. The summed E-state index contributed by atoms with van der Waals surface area (Å²) in [5.74, 6) is 2.77. The zero-order valence-corrected chi connectivity index (χ0v) is 7.08. The Balaban J connectivity index is 3.08. The number of nitrogens with two attached hydrogens (primary N) is 1. The molecule has 0 radical (unpaired) electrons. The van der Waals surface area contributed by atoms with Crippen molar-refractivity contribution in [3.63, 3.8) is 0 Å². The molecule has 0 atom stereocenters. The number of amides is 1. The molecular weight excluding hydrogens is 185 g/mol. The van der Waals surface area contributed by atoms with Gasteiger partial charge in [-0.2, -0.15) is 0 Å². The molecule has 0 aliphatic heterocycles. The summed E-state index contributed by atoms with van der Waals surface area (Å²) in [4.78, 5) is 20.5. The minimum atomic E-state index is -0.830. The van der Waals surface area contributed by atoms with Gasteiger partial charge in [0.2, 0.25) is 0 Å². The minimum absolute atomic E-state index is 0.0365. The van der Waals surface area contributed by atoms with E-state index in [9.17, 15) is 14.0 Å². The van der Waals surface area contributed by atoms with Crippen LogP contribution >= 0.6 is 0 Å². The van der Waals surface area contributed by atoms with Crippen LogP contribution in [0.5, 0.6) is 0 Å². The molecule has 1 rings (SSSR count). The number of benzene rings is 1. The van der Waals surface area contributed by atoms with Crippen molar-refractivity contribution in [2.75, 3.05) is 0 Å². The molecule has 0 aliphatic rings. The zero-order chi connectivity index (χ0) is 10.6. The van der Waals surface area contributed by atoms with Gasteiger partial charge in [0.05, 0.1) is 5.56 Å². The molecule has 0 bridgehead atoms. The lowest BCUT2D eigenvalue weighted by Crippen LogP contribution is -2.06. The molecule has 4 heteroatoms. The SMILES string of the molecule is NC(=O)C#Cc1ccc(C=O)cc1F. The summed E-state index contributed by atoms with van der Waals surface area (Å²) in [5.41, 5.74) is 5.01. The van der Waals surface area contributed by atoms with Crippen molar-refractivity contribution in [3.8, 4) is 11.8 Å². The van der Waals surface area contributed by atoms with E-state index in [-0.39, 0.29) is 11.1 Å². The van der Waals surface area contributed by atoms with Crippen molar-refractivity contribution < 1.29 is 14.0 Å². The van der Waals surface area contributed by atoms with Crippen molar-refractivity contribution in [1.29, 1.82) is 0 Å². The predicted molar refractivity (Wildman–Crippen MR) is 47.9 cm³/mol. The maximum atomic E-state index is 13.1. The van der Waals surface area contributed by atoms with Gasteiger partial charge in [-0.15, -0.1) is 0 Å². The Kier molecular flexibility index (Phi) is 2.97. The molecule has 1 amide bonds. The van der Waals surface area contributed by atoms with Gasteiger partial charge < -0.3 is 5.73 Å². The predicted octanol–water partition coefficient (Wildman–Crippen LogP) is 0.475. The number of aldehydes is 1. The van der Waals surface area contributed by atoms with Crippen LogP contribution in [0.25, 0.3) is 0 Å². The van der Waals surface area contributed by atoms with Crippen LogP contribution in [0.1, 0.15) is 15.9 Å². The van der Waals surface area contributed by atoms with E-state index in [4.69, 9.17) is 5.73 Å². The standard InChI is InChI=1S/C10H6FNO2/c11-9-5-7(6-13)1-2-8(9)3-4-10(12)14/h1-2,5-6H,(H2,12,14). The van der Waals surface area contributed by atoms with E-state index in [1.165, 1.54) is 12.1 Å². The number of carbonyl (C=O) groups excluding carboxylic acids is 2. The number of hydrogen-bond donors (Lipinski definition) is 1. The Hall–Kier alpha value is -2.15. The largest absolute Gasteiger partial charge is 0.359 e. The van der Waals surface area contributed by atoms with Crippen LogP contribution in [0.3, 0.4) is 0 Å². The lowest BCUT2D eigenvalue weighted by atomic mass is 10.1. The smallest absolute Gasteiger partial charge is 0.293 e. The summed E-state index contributed by atoms with van der Waals surface area (Å²) in [7, 11) is 0. The fourth-order valence-electron chi connectivity index (χ4n) is 0.835. The Morgan fingerprint density at radius 1 is 1.50 bits per heavy atom. The summed E-state index contributed by atoms with van der Waals surface area (Å²) in [6.45, 7) is 0. The quantitative estimate of drug-likeness (QED) is 0.518. The second kappa shape index (κ2) is 4.19. The average Bonchev–Trinajstić information content (AvgIpc) is 2.15. The molecule has 3 nitrogen and oxygen atoms in total. The monoisotopic (exact) mass is 191 g/mol. The van der Waals surface area contributed by atoms with Crippen molar-refractivity contribution in [1.82, 2.24) is 0 Å². The minimum Gasteiger partial charge on any atom is -0.359 e. The van der Waals surface area contributed by atoms with E-state index < -0.39 is 11.7 Å². The van der Waals surface area contributed by atoms with Gasteiger partial charge in [0.15, 0.2) is 0 Å². The molecule has 0 saturated carbocycles. The fraction of sp³-hybridized carbons (Fsp3) is 0. The molecular formula is C10H6FNO2. The molecule has 70 valence electrons. The molecule has 0 fully saturated rings. The zero-order valence-electron chi connectivity index (χ0n) is 7.08. The maximum Gasteiger partial charge on any atom is 0.293 e. The van der Waals surface area contributed by atoms with Crippen LogP contribution in [-0.2, 0) is 4.79 Å². The number of primary amides is 1. The molecule has 0 aromatic heterocycles. The lowest BCUT2D eigenvalue weighted by Gasteiger charge is -1.94. The molecule has 1 aromatic carbocycles. The summed E-state index contributed by atoms with van der Waals surface area (Å²) >= 11 is 0. The number of rotatable bonds is 1.